The molecule has 1 atom stereocenters. The Morgan fingerprint density at radius 3 is 1.83 bits per heavy atom. The molecule has 2 heterocycles. The summed E-state index contributed by atoms with van der Waals surface area (Å²) in [6.07, 6.45) is 2.32. The Balaban J connectivity index is 1.86. The van der Waals surface area contributed by atoms with Crippen molar-refractivity contribution < 1.29 is 23.7 Å². The number of rotatable bonds is 6. The highest BCUT2D eigenvalue weighted by molar-refractivity contribution is 5.96. The quantitative estimate of drug-likeness (QED) is 0.721. The minimum Gasteiger partial charge on any atom is -0.493 e. The van der Waals surface area contributed by atoms with E-state index in [0.717, 1.165) is 29.5 Å². The van der Waals surface area contributed by atoms with Gasteiger partial charge in [-0.05, 0) is 59.4 Å². The van der Waals surface area contributed by atoms with Gasteiger partial charge in [-0.15, -0.1) is 0 Å². The van der Waals surface area contributed by atoms with E-state index in [0.29, 0.717) is 36.0 Å². The number of carbonyl (C=O) groups excluding carboxylic acids is 1. The molecule has 0 radical (unpaired) electrons. The van der Waals surface area contributed by atoms with Crippen molar-refractivity contribution in [2.45, 2.75) is 25.3 Å². The van der Waals surface area contributed by atoms with Gasteiger partial charge >= 0.3 is 0 Å². The summed E-state index contributed by atoms with van der Waals surface area (Å²) in [5, 5.41) is 0. The van der Waals surface area contributed by atoms with Crippen molar-refractivity contribution in [3.05, 3.63) is 47.5 Å². The lowest BCUT2D eigenvalue weighted by Gasteiger charge is -2.34. The van der Waals surface area contributed by atoms with E-state index in [-0.39, 0.29) is 11.9 Å². The van der Waals surface area contributed by atoms with Gasteiger partial charge in [-0.25, -0.2) is 0 Å². The topological polar surface area (TPSA) is 57.2 Å². The van der Waals surface area contributed by atoms with Crippen LogP contribution in [0.25, 0.3) is 11.1 Å². The molecule has 2 aromatic rings. The smallest absolute Gasteiger partial charge is 0.223 e. The molecule has 6 nitrogen and oxygen atoms in total. The predicted octanol–water partition coefficient (Wildman–Crippen LogP) is 4.03. The predicted molar refractivity (Wildman–Crippen MR) is 115 cm³/mol. The van der Waals surface area contributed by atoms with Crippen LogP contribution < -0.4 is 18.9 Å². The number of hydrogen-bond acceptors (Lipinski definition) is 5. The minimum atomic E-state index is 0.226. The lowest BCUT2D eigenvalue weighted by molar-refractivity contribution is -0.128. The maximum Gasteiger partial charge on any atom is 0.223 e. The fraction of sp³-hybridized carbons (Fsp3) is 0.375. The zero-order chi connectivity index (χ0) is 21.3. The molecule has 0 aliphatic carbocycles. The number of amides is 1. The van der Waals surface area contributed by atoms with E-state index in [1.165, 1.54) is 5.57 Å². The Morgan fingerprint density at radius 2 is 1.30 bits per heavy atom. The van der Waals surface area contributed by atoms with Crippen molar-refractivity contribution in [3.8, 4) is 23.0 Å². The van der Waals surface area contributed by atoms with Crippen molar-refractivity contribution in [2.24, 2.45) is 0 Å². The second-order valence-corrected chi connectivity index (χ2v) is 7.51. The molecule has 0 spiro atoms. The van der Waals surface area contributed by atoms with Gasteiger partial charge in [-0.1, -0.05) is 12.1 Å². The van der Waals surface area contributed by atoms with Crippen LogP contribution in [0.4, 0.5) is 0 Å². The fourth-order valence-corrected chi connectivity index (χ4v) is 4.45. The molecule has 2 aliphatic heterocycles. The normalized spacial score (nSPS) is 18.3. The van der Waals surface area contributed by atoms with Crippen molar-refractivity contribution in [1.82, 2.24) is 4.90 Å². The summed E-state index contributed by atoms with van der Waals surface area (Å²) >= 11 is 0. The molecule has 0 N–H and O–H groups in total. The third-order valence-corrected chi connectivity index (χ3v) is 6.05. The van der Waals surface area contributed by atoms with E-state index in [1.54, 1.807) is 28.4 Å². The van der Waals surface area contributed by atoms with Crippen LogP contribution in [0.2, 0.25) is 0 Å². The highest BCUT2D eigenvalue weighted by atomic mass is 16.5. The molecule has 6 heteroatoms. The van der Waals surface area contributed by atoms with Gasteiger partial charge in [0.1, 0.15) is 0 Å². The summed E-state index contributed by atoms with van der Waals surface area (Å²) in [7, 11) is 6.53. The summed E-state index contributed by atoms with van der Waals surface area (Å²) in [4.78, 5) is 14.5. The molecule has 0 saturated carbocycles. The van der Waals surface area contributed by atoms with E-state index in [2.05, 4.69) is 6.07 Å². The fourth-order valence-electron chi connectivity index (χ4n) is 4.45. The molecule has 0 unspecified atom stereocenters. The average Bonchev–Trinajstić information content (AvgIpc) is 3.16. The van der Waals surface area contributed by atoms with Gasteiger partial charge in [-0.3, -0.25) is 4.79 Å². The van der Waals surface area contributed by atoms with Crippen LogP contribution in [-0.4, -0.2) is 51.8 Å². The van der Waals surface area contributed by atoms with Gasteiger partial charge < -0.3 is 23.8 Å². The van der Waals surface area contributed by atoms with Gasteiger partial charge in [0.25, 0.3) is 0 Å². The summed E-state index contributed by atoms with van der Waals surface area (Å²) in [6, 6.07) is 12.2. The molecule has 2 aliphatic rings. The molecule has 158 valence electrons. The first-order valence-corrected chi connectivity index (χ1v) is 10.1. The Kier molecular flexibility index (Phi) is 5.57. The number of methoxy groups -OCH3 is 4. The third-order valence-electron chi connectivity index (χ3n) is 6.05. The van der Waals surface area contributed by atoms with E-state index < -0.39 is 0 Å². The monoisotopic (exact) mass is 409 g/mol. The van der Waals surface area contributed by atoms with Gasteiger partial charge in [0, 0.05) is 19.0 Å². The minimum absolute atomic E-state index is 0.226. The molecule has 0 bridgehead atoms. The first-order valence-electron chi connectivity index (χ1n) is 10.1. The maximum atomic E-state index is 12.5. The highest BCUT2D eigenvalue weighted by Crippen LogP contribution is 2.43. The van der Waals surface area contributed by atoms with Crippen molar-refractivity contribution in [2.75, 3.05) is 35.0 Å². The van der Waals surface area contributed by atoms with Gasteiger partial charge in [0.2, 0.25) is 5.91 Å². The zero-order valence-electron chi connectivity index (χ0n) is 17.9. The van der Waals surface area contributed by atoms with Crippen LogP contribution in [0, 0.1) is 0 Å². The highest BCUT2D eigenvalue weighted by Gasteiger charge is 2.37. The van der Waals surface area contributed by atoms with Crippen LogP contribution in [0.3, 0.4) is 0 Å². The average molecular weight is 409 g/mol. The Hall–Kier alpha value is -3.15. The van der Waals surface area contributed by atoms with Crippen LogP contribution in [0.5, 0.6) is 23.0 Å². The molecular weight excluding hydrogens is 382 g/mol. The van der Waals surface area contributed by atoms with Crippen molar-refractivity contribution in [1.29, 1.82) is 0 Å². The summed E-state index contributed by atoms with van der Waals surface area (Å²) in [6.45, 7) is 0.586. The van der Waals surface area contributed by atoms with E-state index in [9.17, 15) is 4.79 Å². The zero-order valence-corrected chi connectivity index (χ0v) is 17.9. The van der Waals surface area contributed by atoms with Crippen LogP contribution in [0.1, 0.15) is 30.4 Å². The number of ether oxygens (including phenoxy) is 4. The molecule has 1 saturated heterocycles. The molecule has 0 aromatic heterocycles. The van der Waals surface area contributed by atoms with E-state index in [1.807, 2.05) is 35.2 Å². The number of benzene rings is 2. The summed E-state index contributed by atoms with van der Waals surface area (Å²) < 4.78 is 21.9. The van der Waals surface area contributed by atoms with Gasteiger partial charge in [0.15, 0.2) is 23.0 Å². The van der Waals surface area contributed by atoms with Crippen LogP contribution >= 0.6 is 0 Å². The van der Waals surface area contributed by atoms with E-state index >= 15 is 0 Å². The standard InChI is InChI=1S/C24H27NO5/c1-27-20-8-5-15(11-22(20)29-3)18-13-17-7-10-24(26)25(17)14-19(18)16-6-9-21(28-2)23(12-16)30-4/h5-6,8-9,11-12,17H,7,10,13-14H2,1-4H3/t17-/m0/s1. The number of fused-ring (bicyclic) bond motifs is 1. The first-order chi connectivity index (χ1) is 14.6. The second kappa shape index (κ2) is 8.30. The van der Waals surface area contributed by atoms with Gasteiger partial charge in [-0.2, -0.15) is 0 Å². The van der Waals surface area contributed by atoms with Crippen molar-refractivity contribution in [3.63, 3.8) is 0 Å². The molecular formula is C24H27NO5. The molecule has 1 amide bonds. The lowest BCUT2D eigenvalue weighted by atomic mass is 9.86. The van der Waals surface area contributed by atoms with E-state index in [4.69, 9.17) is 18.9 Å². The Bertz CT molecular complexity index is 997. The molecule has 2 aromatic carbocycles. The summed E-state index contributed by atoms with van der Waals surface area (Å²) in [5.41, 5.74) is 4.45. The van der Waals surface area contributed by atoms with Gasteiger partial charge in [0.05, 0.1) is 28.4 Å². The number of nitrogens with zero attached hydrogens (tertiary/aromatic N) is 1. The molecule has 1 fully saturated rings. The molecule has 4 rings (SSSR count). The first kappa shape index (κ1) is 20.1. The van der Waals surface area contributed by atoms with Crippen molar-refractivity contribution >= 4 is 17.1 Å². The second-order valence-electron chi connectivity index (χ2n) is 7.51. The molecule has 30 heavy (non-hydrogen) atoms. The van der Waals surface area contributed by atoms with Crippen LogP contribution in [0.15, 0.2) is 36.4 Å². The Labute approximate surface area is 177 Å². The largest absolute Gasteiger partial charge is 0.493 e. The SMILES string of the molecule is COc1ccc(C2=C(c3ccc(OC)c(OC)c3)CN3C(=O)CC[C@H]3C2)cc1OC. The van der Waals surface area contributed by atoms with Crippen LogP contribution in [-0.2, 0) is 4.79 Å². The maximum absolute atomic E-state index is 12.5. The summed E-state index contributed by atoms with van der Waals surface area (Å²) in [5.74, 6) is 2.97. The third kappa shape index (κ3) is 3.47. The number of carbonyl (C=O) groups is 1. The Morgan fingerprint density at radius 1 is 0.767 bits per heavy atom. The number of hydrogen-bond donors (Lipinski definition) is 0. The lowest BCUT2D eigenvalue weighted by Crippen LogP contribution is -2.37.